The summed E-state index contributed by atoms with van der Waals surface area (Å²) in [4.78, 5) is 48.7. The van der Waals surface area contributed by atoms with Crippen molar-refractivity contribution in [2.24, 2.45) is 4.99 Å². The van der Waals surface area contributed by atoms with E-state index in [1.54, 1.807) is 35.9 Å². The zero-order valence-corrected chi connectivity index (χ0v) is 19.8. The standard InChI is InChI=1S/C26H26N4O4/c1-6-34-26(33)20-14-19-22(27-21-17(5)11-9-13-29(21)25(19)32)30(15(2)3)23(20)28-24(31)18-12-8-7-10-16(18)4/h7-15H,6H2,1-5H3. The second-order valence-corrected chi connectivity index (χ2v) is 8.34. The van der Waals surface area contributed by atoms with Gasteiger partial charge in [0, 0.05) is 17.8 Å². The summed E-state index contributed by atoms with van der Waals surface area (Å²) in [7, 11) is 0. The lowest BCUT2D eigenvalue weighted by Crippen LogP contribution is -2.33. The maximum absolute atomic E-state index is 13.4. The monoisotopic (exact) mass is 458 g/mol. The van der Waals surface area contributed by atoms with Gasteiger partial charge in [-0.3, -0.25) is 14.0 Å². The van der Waals surface area contributed by atoms with Crippen LogP contribution in [0.25, 0.3) is 16.7 Å². The number of aryl methyl sites for hydroxylation is 2. The SMILES string of the molecule is CCOC(=O)c1cc2c(=O)n3cccc(C)c3nc2n(C(C)C)c1=NC(=O)c1ccccc1C. The Morgan fingerprint density at radius 2 is 1.74 bits per heavy atom. The van der Waals surface area contributed by atoms with E-state index in [9.17, 15) is 14.4 Å². The summed E-state index contributed by atoms with van der Waals surface area (Å²) in [6.45, 7) is 9.28. The number of benzene rings is 1. The van der Waals surface area contributed by atoms with Gasteiger partial charge < -0.3 is 9.30 Å². The van der Waals surface area contributed by atoms with Gasteiger partial charge >= 0.3 is 5.97 Å². The van der Waals surface area contributed by atoms with Crippen LogP contribution in [0, 0.1) is 13.8 Å². The molecular formula is C26H26N4O4. The summed E-state index contributed by atoms with van der Waals surface area (Å²) in [6, 6.07) is 11.9. The fraction of sp³-hybridized carbons (Fsp3) is 0.269. The highest BCUT2D eigenvalue weighted by atomic mass is 16.5. The molecule has 0 N–H and O–H groups in total. The predicted molar refractivity (Wildman–Crippen MR) is 129 cm³/mol. The van der Waals surface area contributed by atoms with Gasteiger partial charge in [0.05, 0.1) is 12.0 Å². The lowest BCUT2D eigenvalue weighted by Gasteiger charge is -2.18. The van der Waals surface area contributed by atoms with Gasteiger partial charge in [-0.15, -0.1) is 0 Å². The molecular weight excluding hydrogens is 432 g/mol. The van der Waals surface area contributed by atoms with Crippen LogP contribution in [-0.2, 0) is 4.74 Å². The van der Waals surface area contributed by atoms with Crippen LogP contribution in [0.1, 0.15) is 58.7 Å². The van der Waals surface area contributed by atoms with Gasteiger partial charge in [-0.05, 0) is 63.9 Å². The molecule has 1 aromatic carbocycles. The van der Waals surface area contributed by atoms with Crippen LogP contribution in [0.5, 0.6) is 0 Å². The minimum Gasteiger partial charge on any atom is -0.462 e. The van der Waals surface area contributed by atoms with Gasteiger partial charge in [-0.25, -0.2) is 9.78 Å². The fourth-order valence-electron chi connectivity index (χ4n) is 3.98. The van der Waals surface area contributed by atoms with Crippen molar-refractivity contribution < 1.29 is 14.3 Å². The van der Waals surface area contributed by atoms with Crippen LogP contribution in [0.4, 0.5) is 0 Å². The summed E-state index contributed by atoms with van der Waals surface area (Å²) in [6.07, 6.45) is 1.64. The predicted octanol–water partition coefficient (Wildman–Crippen LogP) is 3.76. The maximum Gasteiger partial charge on any atom is 0.341 e. The number of ether oxygens (including phenoxy) is 1. The summed E-state index contributed by atoms with van der Waals surface area (Å²) >= 11 is 0. The van der Waals surface area contributed by atoms with Crippen molar-refractivity contribution in [1.29, 1.82) is 0 Å². The molecule has 0 unspecified atom stereocenters. The Balaban J connectivity index is 2.19. The quantitative estimate of drug-likeness (QED) is 0.343. The van der Waals surface area contributed by atoms with Crippen molar-refractivity contribution in [3.63, 3.8) is 0 Å². The van der Waals surface area contributed by atoms with Crippen LogP contribution < -0.4 is 11.0 Å². The molecule has 3 heterocycles. The number of aromatic nitrogens is 3. The van der Waals surface area contributed by atoms with Crippen molar-refractivity contribution in [1.82, 2.24) is 14.0 Å². The molecule has 0 aliphatic carbocycles. The molecule has 4 aromatic rings. The molecule has 0 aliphatic heterocycles. The largest absolute Gasteiger partial charge is 0.462 e. The Bertz CT molecular complexity index is 1580. The number of carbonyl (C=O) groups is 2. The average molecular weight is 459 g/mol. The van der Waals surface area contributed by atoms with Crippen LogP contribution >= 0.6 is 0 Å². The number of carbonyl (C=O) groups excluding carboxylic acids is 2. The van der Waals surface area contributed by atoms with Gasteiger partial charge in [0.25, 0.3) is 11.5 Å². The van der Waals surface area contributed by atoms with Crippen molar-refractivity contribution in [3.05, 3.63) is 86.8 Å². The molecule has 8 nitrogen and oxygen atoms in total. The average Bonchev–Trinajstić information content (AvgIpc) is 2.79. The summed E-state index contributed by atoms with van der Waals surface area (Å²) in [5.74, 6) is -1.16. The van der Waals surface area contributed by atoms with E-state index in [0.29, 0.717) is 16.9 Å². The molecule has 0 bridgehead atoms. The van der Waals surface area contributed by atoms with Gasteiger partial charge in [0.15, 0.2) is 5.49 Å². The number of hydrogen-bond acceptors (Lipinski definition) is 5. The highest BCUT2D eigenvalue weighted by Crippen LogP contribution is 2.17. The number of nitrogens with zero attached hydrogens (tertiary/aromatic N) is 4. The molecule has 0 fully saturated rings. The van der Waals surface area contributed by atoms with Crippen molar-refractivity contribution in [2.75, 3.05) is 6.61 Å². The number of hydrogen-bond donors (Lipinski definition) is 0. The van der Waals surface area contributed by atoms with E-state index in [-0.39, 0.29) is 34.6 Å². The number of fused-ring (bicyclic) bond motifs is 2. The first-order chi connectivity index (χ1) is 16.2. The van der Waals surface area contributed by atoms with Crippen molar-refractivity contribution in [2.45, 2.75) is 40.7 Å². The Morgan fingerprint density at radius 3 is 2.41 bits per heavy atom. The van der Waals surface area contributed by atoms with E-state index in [1.165, 1.54) is 10.5 Å². The van der Waals surface area contributed by atoms with Crippen molar-refractivity contribution >= 4 is 28.6 Å². The smallest absolute Gasteiger partial charge is 0.341 e. The minimum atomic E-state index is -0.663. The van der Waals surface area contributed by atoms with E-state index in [1.807, 2.05) is 45.9 Å². The number of amides is 1. The van der Waals surface area contributed by atoms with Crippen LogP contribution in [0.15, 0.2) is 58.4 Å². The van der Waals surface area contributed by atoms with Crippen LogP contribution in [-0.4, -0.2) is 32.4 Å². The third kappa shape index (κ3) is 3.91. The topological polar surface area (TPSA) is 95.0 Å². The first-order valence-corrected chi connectivity index (χ1v) is 11.1. The molecule has 34 heavy (non-hydrogen) atoms. The fourth-order valence-corrected chi connectivity index (χ4v) is 3.98. The lowest BCUT2D eigenvalue weighted by molar-refractivity contribution is 0.0523. The number of esters is 1. The molecule has 174 valence electrons. The molecule has 0 aliphatic rings. The molecule has 1 amide bonds. The minimum absolute atomic E-state index is 0.0384. The molecule has 0 saturated heterocycles. The maximum atomic E-state index is 13.4. The van der Waals surface area contributed by atoms with Gasteiger partial charge in [0.1, 0.15) is 16.9 Å². The molecule has 4 rings (SSSR count). The first kappa shape index (κ1) is 23.1. The molecule has 3 aromatic heterocycles. The third-order valence-corrected chi connectivity index (χ3v) is 5.64. The normalized spacial score (nSPS) is 12.0. The summed E-state index contributed by atoms with van der Waals surface area (Å²) in [5.41, 5.74) is 2.68. The number of rotatable bonds is 4. The first-order valence-electron chi connectivity index (χ1n) is 11.1. The Labute approximate surface area is 196 Å². The highest BCUT2D eigenvalue weighted by Gasteiger charge is 2.22. The molecule has 0 radical (unpaired) electrons. The van der Waals surface area contributed by atoms with Gasteiger partial charge in [-0.2, -0.15) is 4.99 Å². The second kappa shape index (κ2) is 9.05. The molecule has 0 saturated carbocycles. The second-order valence-electron chi connectivity index (χ2n) is 8.34. The Morgan fingerprint density at radius 1 is 1.03 bits per heavy atom. The summed E-state index contributed by atoms with van der Waals surface area (Å²) < 4.78 is 8.37. The highest BCUT2D eigenvalue weighted by molar-refractivity contribution is 5.98. The van der Waals surface area contributed by atoms with Crippen molar-refractivity contribution in [3.8, 4) is 0 Å². The van der Waals surface area contributed by atoms with Gasteiger partial charge in [0.2, 0.25) is 0 Å². The Kier molecular flexibility index (Phi) is 6.15. The Hall–Kier alpha value is -4.07. The van der Waals surface area contributed by atoms with E-state index in [0.717, 1.165) is 11.1 Å². The molecule has 8 heteroatoms. The van der Waals surface area contributed by atoms with E-state index in [2.05, 4.69) is 4.99 Å². The van der Waals surface area contributed by atoms with E-state index >= 15 is 0 Å². The number of pyridine rings is 2. The molecule has 0 atom stereocenters. The van der Waals surface area contributed by atoms with Gasteiger partial charge in [-0.1, -0.05) is 24.3 Å². The van der Waals surface area contributed by atoms with E-state index < -0.39 is 11.9 Å². The lowest BCUT2D eigenvalue weighted by atomic mass is 10.1. The third-order valence-electron chi connectivity index (χ3n) is 5.64. The van der Waals surface area contributed by atoms with E-state index in [4.69, 9.17) is 9.72 Å². The summed E-state index contributed by atoms with van der Waals surface area (Å²) in [5, 5.41) is 0.238. The zero-order valence-electron chi connectivity index (χ0n) is 19.8. The van der Waals surface area contributed by atoms with Crippen LogP contribution in [0.3, 0.4) is 0 Å². The van der Waals surface area contributed by atoms with Crippen LogP contribution in [0.2, 0.25) is 0 Å². The molecule has 0 spiro atoms. The zero-order chi connectivity index (χ0) is 24.6.